The van der Waals surface area contributed by atoms with Crippen molar-refractivity contribution in [3.05, 3.63) is 30.1 Å². The van der Waals surface area contributed by atoms with E-state index in [2.05, 4.69) is 51.3 Å². The molecule has 1 aliphatic heterocycles. The smallest absolute Gasteiger partial charge is 0.124 e. The third-order valence-corrected chi connectivity index (χ3v) is 6.19. The van der Waals surface area contributed by atoms with Crippen LogP contribution in [0.1, 0.15) is 5.82 Å². The van der Waals surface area contributed by atoms with Crippen LogP contribution in [0, 0.1) is 0 Å². The van der Waals surface area contributed by atoms with Gasteiger partial charge in [0, 0.05) is 29.1 Å². The lowest BCUT2D eigenvalue weighted by Gasteiger charge is -2.22. The molecule has 0 bridgehead atoms. The molecule has 2 aromatic rings. The minimum atomic E-state index is 0.485. The van der Waals surface area contributed by atoms with E-state index in [1.54, 1.807) is 0 Å². The second-order valence-electron chi connectivity index (χ2n) is 4.33. The maximum absolute atomic E-state index is 6.03. The van der Waals surface area contributed by atoms with Gasteiger partial charge in [-0.3, -0.25) is 0 Å². The van der Waals surface area contributed by atoms with Crippen LogP contribution in [0.5, 0.6) is 0 Å². The molecular weight excluding hydrogens is 284 g/mol. The molecule has 5 heteroatoms. The van der Waals surface area contributed by atoms with Crippen molar-refractivity contribution < 1.29 is 0 Å². The van der Waals surface area contributed by atoms with E-state index in [4.69, 9.17) is 11.6 Å². The average Bonchev–Trinajstić information content (AvgIpc) is 2.78. The monoisotopic (exact) mass is 298 g/mol. The zero-order chi connectivity index (χ0) is 12.4. The number of benzene rings is 1. The Bertz CT molecular complexity index is 535. The molecule has 96 valence electrons. The molecule has 2 heterocycles. The van der Waals surface area contributed by atoms with E-state index in [9.17, 15) is 0 Å². The van der Waals surface area contributed by atoms with Gasteiger partial charge in [0.2, 0.25) is 0 Å². The van der Waals surface area contributed by atoms with Gasteiger partial charge in [-0.05, 0) is 12.1 Å². The van der Waals surface area contributed by atoms with Gasteiger partial charge < -0.3 is 4.57 Å². The summed E-state index contributed by atoms with van der Waals surface area (Å²) in [7, 11) is 0. The predicted molar refractivity (Wildman–Crippen MR) is 82.9 cm³/mol. The van der Waals surface area contributed by atoms with Crippen LogP contribution >= 0.6 is 35.1 Å². The molecule has 0 N–H and O–H groups in total. The highest BCUT2D eigenvalue weighted by atomic mass is 35.5. The van der Waals surface area contributed by atoms with E-state index < -0.39 is 0 Å². The number of alkyl halides is 1. The highest BCUT2D eigenvalue weighted by Gasteiger charge is 2.18. The van der Waals surface area contributed by atoms with Crippen molar-refractivity contribution >= 4 is 46.2 Å². The summed E-state index contributed by atoms with van der Waals surface area (Å²) in [5, 5.41) is 0.684. The number of nitrogens with zero attached hydrogens (tertiary/aromatic N) is 2. The molecule has 0 aliphatic carbocycles. The molecule has 1 unspecified atom stereocenters. The molecule has 1 atom stereocenters. The molecule has 0 saturated carbocycles. The lowest BCUT2D eigenvalue weighted by molar-refractivity contribution is 0.687. The van der Waals surface area contributed by atoms with Gasteiger partial charge in [-0.25, -0.2) is 4.98 Å². The average molecular weight is 299 g/mol. The standard InChI is InChI=1S/C13H15ClN2S2/c14-7-13-15-11-3-1-2-4-12(11)16(13)8-10-9-17-5-6-18-10/h1-4,10H,5-9H2. The van der Waals surface area contributed by atoms with E-state index in [1.165, 1.54) is 22.8 Å². The highest BCUT2D eigenvalue weighted by molar-refractivity contribution is 8.06. The number of para-hydroxylation sites is 2. The number of halogens is 1. The van der Waals surface area contributed by atoms with Crippen molar-refractivity contribution in [2.75, 3.05) is 17.3 Å². The van der Waals surface area contributed by atoms with Crippen molar-refractivity contribution in [3.63, 3.8) is 0 Å². The highest BCUT2D eigenvalue weighted by Crippen LogP contribution is 2.27. The number of thioether (sulfide) groups is 2. The van der Waals surface area contributed by atoms with Gasteiger partial charge in [0.15, 0.2) is 0 Å². The van der Waals surface area contributed by atoms with Gasteiger partial charge in [0.05, 0.1) is 16.9 Å². The first-order chi connectivity index (χ1) is 8.88. The lowest BCUT2D eigenvalue weighted by Crippen LogP contribution is -2.21. The summed E-state index contributed by atoms with van der Waals surface area (Å²) in [5.41, 5.74) is 2.27. The Morgan fingerprint density at radius 3 is 3.00 bits per heavy atom. The Hall–Kier alpha value is -0.320. The number of hydrogen-bond acceptors (Lipinski definition) is 3. The summed E-state index contributed by atoms with van der Waals surface area (Å²) in [4.78, 5) is 4.61. The molecule has 1 aromatic heterocycles. The molecule has 1 aromatic carbocycles. The molecule has 0 radical (unpaired) electrons. The van der Waals surface area contributed by atoms with Crippen LogP contribution in [0.4, 0.5) is 0 Å². The van der Waals surface area contributed by atoms with E-state index in [0.29, 0.717) is 11.1 Å². The molecule has 1 fully saturated rings. The Balaban J connectivity index is 1.93. The van der Waals surface area contributed by atoms with Gasteiger partial charge in [-0.15, -0.1) is 11.6 Å². The summed E-state index contributed by atoms with van der Waals surface area (Å²) in [5.74, 6) is 5.26. The third kappa shape index (κ3) is 2.51. The second kappa shape index (κ2) is 5.76. The zero-order valence-corrected chi connectivity index (χ0v) is 12.4. The van der Waals surface area contributed by atoms with Gasteiger partial charge in [-0.2, -0.15) is 23.5 Å². The number of aromatic nitrogens is 2. The molecule has 0 spiro atoms. The number of fused-ring (bicyclic) bond motifs is 1. The van der Waals surface area contributed by atoms with Crippen LogP contribution in [0.3, 0.4) is 0 Å². The van der Waals surface area contributed by atoms with Gasteiger partial charge in [0.1, 0.15) is 5.82 Å². The molecule has 2 nitrogen and oxygen atoms in total. The van der Waals surface area contributed by atoms with E-state index in [-0.39, 0.29) is 0 Å². The first-order valence-electron chi connectivity index (χ1n) is 6.08. The topological polar surface area (TPSA) is 17.8 Å². The molecule has 18 heavy (non-hydrogen) atoms. The van der Waals surface area contributed by atoms with Crippen LogP contribution in [0.25, 0.3) is 11.0 Å². The van der Waals surface area contributed by atoms with Crippen molar-refractivity contribution in [2.45, 2.75) is 17.7 Å². The number of hydrogen-bond donors (Lipinski definition) is 0. The number of rotatable bonds is 3. The molecular formula is C13H15ClN2S2. The summed E-state index contributed by atoms with van der Waals surface area (Å²) in [6, 6.07) is 8.30. The molecule has 1 saturated heterocycles. The summed E-state index contributed by atoms with van der Waals surface area (Å²) < 4.78 is 2.30. The van der Waals surface area contributed by atoms with Crippen LogP contribution < -0.4 is 0 Å². The summed E-state index contributed by atoms with van der Waals surface area (Å²) >= 11 is 10.2. The van der Waals surface area contributed by atoms with Crippen LogP contribution in [0.15, 0.2) is 24.3 Å². The van der Waals surface area contributed by atoms with Crippen molar-refractivity contribution in [1.82, 2.24) is 9.55 Å². The quantitative estimate of drug-likeness (QED) is 0.806. The Morgan fingerprint density at radius 1 is 1.33 bits per heavy atom. The SMILES string of the molecule is ClCc1nc2ccccc2n1CC1CSCCS1. The maximum atomic E-state index is 6.03. The van der Waals surface area contributed by atoms with Gasteiger partial charge in [0.25, 0.3) is 0 Å². The minimum Gasteiger partial charge on any atom is -0.326 e. The first-order valence-corrected chi connectivity index (χ1v) is 8.82. The first kappa shape index (κ1) is 12.7. The van der Waals surface area contributed by atoms with Gasteiger partial charge in [-0.1, -0.05) is 12.1 Å². The lowest BCUT2D eigenvalue weighted by atomic mass is 10.3. The Morgan fingerprint density at radius 2 is 2.22 bits per heavy atom. The molecule has 1 aliphatic rings. The molecule has 3 rings (SSSR count). The van der Waals surface area contributed by atoms with Crippen molar-refractivity contribution in [2.24, 2.45) is 0 Å². The minimum absolute atomic E-state index is 0.485. The van der Waals surface area contributed by atoms with Crippen LogP contribution in [-0.2, 0) is 12.4 Å². The van der Waals surface area contributed by atoms with E-state index in [0.717, 1.165) is 17.9 Å². The fraction of sp³-hybridized carbons (Fsp3) is 0.462. The summed E-state index contributed by atoms with van der Waals surface area (Å²) in [6.07, 6.45) is 0. The summed E-state index contributed by atoms with van der Waals surface area (Å²) in [6.45, 7) is 1.03. The second-order valence-corrected chi connectivity index (χ2v) is 7.15. The van der Waals surface area contributed by atoms with Gasteiger partial charge >= 0.3 is 0 Å². The van der Waals surface area contributed by atoms with Crippen LogP contribution in [-0.4, -0.2) is 32.1 Å². The van der Waals surface area contributed by atoms with E-state index in [1.807, 2.05) is 6.07 Å². The maximum Gasteiger partial charge on any atom is 0.124 e. The fourth-order valence-corrected chi connectivity index (χ4v) is 5.13. The fourth-order valence-electron chi connectivity index (χ4n) is 2.28. The third-order valence-electron chi connectivity index (χ3n) is 3.12. The predicted octanol–water partition coefficient (Wildman–Crippen LogP) is 3.62. The Kier molecular flexibility index (Phi) is 4.07. The van der Waals surface area contributed by atoms with Crippen molar-refractivity contribution in [1.29, 1.82) is 0 Å². The zero-order valence-electron chi connectivity index (χ0n) is 10.0. The van der Waals surface area contributed by atoms with Crippen LogP contribution in [0.2, 0.25) is 0 Å². The number of imidazole rings is 1. The molecule has 0 amide bonds. The van der Waals surface area contributed by atoms with Crippen molar-refractivity contribution in [3.8, 4) is 0 Å². The Labute approximate surface area is 120 Å². The van der Waals surface area contributed by atoms with E-state index >= 15 is 0 Å². The largest absolute Gasteiger partial charge is 0.326 e. The normalized spacial score (nSPS) is 20.4.